The summed E-state index contributed by atoms with van der Waals surface area (Å²) in [5.74, 6) is 2.11. The van der Waals surface area contributed by atoms with Gasteiger partial charge in [-0.2, -0.15) is 17.2 Å². The van der Waals surface area contributed by atoms with Crippen LogP contribution in [0.2, 0.25) is 0 Å². The van der Waals surface area contributed by atoms with Crippen LogP contribution in [0.25, 0.3) is 44.4 Å². The van der Waals surface area contributed by atoms with Crippen LogP contribution in [0.4, 0.5) is 0 Å². The van der Waals surface area contributed by atoms with Gasteiger partial charge < -0.3 is 9.30 Å². The Morgan fingerprint density at radius 3 is 2.20 bits per heavy atom. The van der Waals surface area contributed by atoms with Crippen molar-refractivity contribution in [2.24, 2.45) is 0 Å². The summed E-state index contributed by atoms with van der Waals surface area (Å²) >= 11 is 0. The topological polar surface area (TPSA) is 44.9 Å². The minimum Gasteiger partial charge on any atom is -0.509 e. The number of para-hydroxylation sites is 1. The van der Waals surface area contributed by atoms with Gasteiger partial charge in [-0.3, -0.25) is 4.68 Å². The molecular weight excluding hydrogens is 707 g/mol. The van der Waals surface area contributed by atoms with Crippen molar-refractivity contribution in [3.8, 4) is 34.1 Å². The smallest absolute Gasteiger partial charge is 0.509 e. The van der Waals surface area contributed by atoms with Gasteiger partial charge in [0.2, 0.25) is 0 Å². The third-order valence-electron chi connectivity index (χ3n) is 9.40. The van der Waals surface area contributed by atoms with Gasteiger partial charge in [-0.15, -0.1) is 35.7 Å². The van der Waals surface area contributed by atoms with Crippen molar-refractivity contribution in [1.82, 2.24) is 19.3 Å². The normalized spacial score (nSPS) is 11.3. The maximum absolute atomic E-state index is 6.53. The van der Waals surface area contributed by atoms with Gasteiger partial charge in [-0.1, -0.05) is 68.1 Å². The summed E-state index contributed by atoms with van der Waals surface area (Å²) in [5, 5.41) is 7.59. The van der Waals surface area contributed by atoms with E-state index >= 15 is 0 Å². The number of unbranched alkanes of at least 4 members (excludes halogenated alkanes) is 2. The number of aromatic nitrogens is 4. The van der Waals surface area contributed by atoms with Crippen LogP contribution in [0.1, 0.15) is 73.2 Å². The van der Waals surface area contributed by atoms with Gasteiger partial charge in [0.15, 0.2) is 0 Å². The second-order valence-electron chi connectivity index (χ2n) is 13.3. The van der Waals surface area contributed by atoms with Crippen LogP contribution < -0.4 is 4.74 Å². The largest absolute Gasteiger partial charge is 2.00 e. The van der Waals surface area contributed by atoms with E-state index in [1.165, 1.54) is 39.2 Å². The first-order valence-electron chi connectivity index (χ1n) is 17.6. The molecule has 0 aliphatic carbocycles. The van der Waals surface area contributed by atoms with Crippen LogP contribution in [-0.4, -0.2) is 19.3 Å². The molecule has 0 aliphatic rings. The van der Waals surface area contributed by atoms with Crippen molar-refractivity contribution < 1.29 is 25.2 Å². The summed E-state index contributed by atoms with van der Waals surface area (Å²) in [5.41, 5.74) is 13.0. The summed E-state index contributed by atoms with van der Waals surface area (Å²) in [6, 6.07) is 34.5. The Morgan fingerprint density at radius 2 is 1.44 bits per heavy atom. The Bertz CT molecular complexity index is 2270. The quantitative estimate of drug-likeness (QED) is 0.0977. The molecule has 0 bridgehead atoms. The number of hydrogen-bond donors (Lipinski definition) is 0. The Labute approximate surface area is 310 Å². The van der Waals surface area contributed by atoms with Gasteiger partial charge in [0, 0.05) is 34.5 Å². The SMILES string of the molecule is CCCCc1nn(-c2[c-]c(Oc3[c-]c4c(cc3)c3ccccc3n4-c3cc(C)ccn3)ccc2)c(CCCC)c1-c1c(C)cc(C)cc1C.[Pd+2]. The van der Waals surface area contributed by atoms with E-state index < -0.39 is 0 Å². The van der Waals surface area contributed by atoms with E-state index in [-0.39, 0.29) is 20.4 Å². The average Bonchev–Trinajstić information content (AvgIpc) is 3.61. The molecule has 6 heteroatoms. The monoisotopic (exact) mass is 750 g/mol. The van der Waals surface area contributed by atoms with E-state index in [1.54, 1.807) is 0 Å². The first-order chi connectivity index (χ1) is 23.9. The molecule has 0 radical (unpaired) electrons. The molecule has 256 valence electrons. The van der Waals surface area contributed by atoms with Gasteiger partial charge in [0.05, 0.1) is 5.69 Å². The number of rotatable bonds is 11. The van der Waals surface area contributed by atoms with Crippen LogP contribution in [0, 0.1) is 39.8 Å². The molecule has 0 fully saturated rings. The number of nitrogens with zero attached hydrogens (tertiary/aromatic N) is 4. The van der Waals surface area contributed by atoms with Crippen molar-refractivity contribution in [2.45, 2.75) is 80.1 Å². The standard InChI is InChI=1S/C44H44N4O.Pd/c1-7-9-17-38-44(43-31(5)24-30(4)25-32(43)6)40(18-10-8-2)48(46-38)33-14-13-15-34(27-33)49-35-20-21-37-36-16-11-12-19-39(36)47(41(37)28-35)42-26-29(3)22-23-45-42;/h11-16,19-26H,7-10,17-18H2,1-6H3;/q-2;+2. The Balaban J connectivity index is 0.00000432. The summed E-state index contributed by atoms with van der Waals surface area (Å²) < 4.78 is 10.8. The minimum atomic E-state index is 0. The molecule has 0 amide bonds. The molecule has 7 aromatic rings. The fourth-order valence-corrected chi connectivity index (χ4v) is 7.21. The third kappa shape index (κ3) is 6.80. The zero-order valence-corrected chi connectivity index (χ0v) is 31.4. The summed E-state index contributed by atoms with van der Waals surface area (Å²) in [6.45, 7) is 13.2. The second-order valence-corrected chi connectivity index (χ2v) is 13.3. The summed E-state index contributed by atoms with van der Waals surface area (Å²) in [4.78, 5) is 4.72. The van der Waals surface area contributed by atoms with E-state index in [9.17, 15) is 0 Å². The molecular formula is C44H44N4OPd. The van der Waals surface area contributed by atoms with Crippen LogP contribution >= 0.6 is 0 Å². The molecule has 0 aliphatic heterocycles. The fraction of sp³-hybridized carbons (Fsp3) is 0.273. The number of ether oxygens (including phenoxy) is 1. The molecule has 3 aromatic heterocycles. The number of benzene rings is 4. The predicted octanol–water partition coefficient (Wildman–Crippen LogP) is 11.3. The third-order valence-corrected chi connectivity index (χ3v) is 9.40. The Hall–Kier alpha value is -4.50. The van der Waals surface area contributed by atoms with Crippen LogP contribution in [-0.2, 0) is 33.3 Å². The zero-order valence-electron chi connectivity index (χ0n) is 29.8. The molecule has 50 heavy (non-hydrogen) atoms. The first-order valence-corrected chi connectivity index (χ1v) is 17.6. The van der Waals surface area contributed by atoms with Crippen LogP contribution in [0.3, 0.4) is 0 Å². The van der Waals surface area contributed by atoms with Gasteiger partial charge >= 0.3 is 20.4 Å². The Kier molecular flexibility index (Phi) is 10.7. The van der Waals surface area contributed by atoms with E-state index in [2.05, 4.69) is 118 Å². The number of pyridine rings is 1. The number of aryl methyl sites for hydroxylation is 5. The first kappa shape index (κ1) is 35.3. The molecule has 0 atom stereocenters. The second kappa shape index (κ2) is 15.2. The number of fused-ring (bicyclic) bond motifs is 3. The Morgan fingerprint density at radius 1 is 0.700 bits per heavy atom. The van der Waals surface area contributed by atoms with Gasteiger partial charge in [0.25, 0.3) is 0 Å². The fourth-order valence-electron chi connectivity index (χ4n) is 7.21. The molecule has 5 nitrogen and oxygen atoms in total. The molecule has 0 unspecified atom stereocenters. The molecule has 0 N–H and O–H groups in total. The van der Waals surface area contributed by atoms with Crippen molar-refractivity contribution >= 4 is 21.8 Å². The zero-order chi connectivity index (χ0) is 34.1. The summed E-state index contributed by atoms with van der Waals surface area (Å²) in [7, 11) is 0. The van der Waals surface area contributed by atoms with Crippen LogP contribution in [0.5, 0.6) is 11.5 Å². The van der Waals surface area contributed by atoms with E-state index in [4.69, 9.17) is 14.8 Å². The van der Waals surface area contributed by atoms with Crippen molar-refractivity contribution in [3.63, 3.8) is 0 Å². The molecule has 0 saturated carbocycles. The maximum Gasteiger partial charge on any atom is 2.00 e. The molecule has 7 rings (SSSR count). The van der Waals surface area contributed by atoms with E-state index in [0.717, 1.165) is 77.4 Å². The van der Waals surface area contributed by atoms with Crippen molar-refractivity contribution in [3.05, 3.63) is 131 Å². The average molecular weight is 751 g/mol. The molecule has 0 saturated heterocycles. The van der Waals surface area contributed by atoms with E-state index in [1.807, 2.05) is 30.5 Å². The summed E-state index contributed by atoms with van der Waals surface area (Å²) in [6.07, 6.45) is 8.17. The molecule has 0 spiro atoms. The molecule has 4 aromatic carbocycles. The van der Waals surface area contributed by atoms with Gasteiger partial charge in [-0.05, 0) is 105 Å². The van der Waals surface area contributed by atoms with E-state index in [0.29, 0.717) is 11.5 Å². The number of hydrogen-bond acceptors (Lipinski definition) is 3. The molecule has 3 heterocycles. The van der Waals surface area contributed by atoms with Crippen molar-refractivity contribution in [1.29, 1.82) is 0 Å². The van der Waals surface area contributed by atoms with Gasteiger partial charge in [-0.25, -0.2) is 4.98 Å². The minimum absolute atomic E-state index is 0. The van der Waals surface area contributed by atoms with Gasteiger partial charge in [0.1, 0.15) is 5.82 Å². The maximum atomic E-state index is 6.53. The van der Waals surface area contributed by atoms with Crippen molar-refractivity contribution in [2.75, 3.05) is 0 Å². The predicted molar refractivity (Wildman–Crippen MR) is 201 cm³/mol. The van der Waals surface area contributed by atoms with Crippen LogP contribution in [0.15, 0.2) is 85.1 Å².